The van der Waals surface area contributed by atoms with Gasteiger partial charge < -0.3 is 4.74 Å². The SMILES string of the molecule is C#CC(CCC)OC(=O)c1ccccc1. The molecule has 2 nitrogen and oxygen atoms in total. The van der Waals surface area contributed by atoms with Gasteiger partial charge in [-0.15, -0.1) is 6.42 Å². The average molecular weight is 202 g/mol. The van der Waals surface area contributed by atoms with Gasteiger partial charge in [-0.25, -0.2) is 4.79 Å². The van der Waals surface area contributed by atoms with E-state index in [9.17, 15) is 4.79 Å². The summed E-state index contributed by atoms with van der Waals surface area (Å²) in [7, 11) is 0. The monoisotopic (exact) mass is 202 g/mol. The summed E-state index contributed by atoms with van der Waals surface area (Å²) in [5.41, 5.74) is 0.536. The van der Waals surface area contributed by atoms with Crippen LogP contribution in [0, 0.1) is 12.3 Å². The molecule has 0 saturated heterocycles. The van der Waals surface area contributed by atoms with Crippen LogP contribution in [0.4, 0.5) is 0 Å². The van der Waals surface area contributed by atoms with Gasteiger partial charge >= 0.3 is 5.97 Å². The van der Waals surface area contributed by atoms with Gasteiger partial charge in [0, 0.05) is 0 Å². The number of carbonyl (C=O) groups excluding carboxylic acids is 1. The van der Waals surface area contributed by atoms with Crippen molar-refractivity contribution >= 4 is 5.97 Å². The smallest absolute Gasteiger partial charge is 0.339 e. The quantitative estimate of drug-likeness (QED) is 0.554. The number of hydrogen-bond acceptors (Lipinski definition) is 2. The Labute approximate surface area is 90.3 Å². The molecule has 1 rings (SSSR count). The zero-order chi connectivity index (χ0) is 11.1. The first-order valence-corrected chi connectivity index (χ1v) is 5.00. The van der Waals surface area contributed by atoms with E-state index in [4.69, 9.17) is 11.2 Å². The molecular formula is C13H14O2. The minimum atomic E-state index is -0.414. The minimum Gasteiger partial charge on any atom is -0.446 e. The Hall–Kier alpha value is -1.75. The van der Waals surface area contributed by atoms with Crippen molar-refractivity contribution in [1.29, 1.82) is 0 Å². The Bertz CT molecular complexity index is 349. The second-order valence-electron chi connectivity index (χ2n) is 3.22. The third-order valence-electron chi connectivity index (χ3n) is 2.00. The van der Waals surface area contributed by atoms with Gasteiger partial charge in [0.15, 0.2) is 6.10 Å². The van der Waals surface area contributed by atoms with Crippen LogP contribution in [0.25, 0.3) is 0 Å². The fraction of sp³-hybridized carbons (Fsp3) is 0.308. The normalized spacial score (nSPS) is 11.5. The fourth-order valence-corrected chi connectivity index (χ4v) is 1.21. The topological polar surface area (TPSA) is 26.3 Å². The highest BCUT2D eigenvalue weighted by molar-refractivity contribution is 5.89. The summed E-state index contributed by atoms with van der Waals surface area (Å²) in [6.07, 6.45) is 6.45. The Morgan fingerprint density at radius 2 is 2.13 bits per heavy atom. The maximum Gasteiger partial charge on any atom is 0.339 e. The van der Waals surface area contributed by atoms with Crippen molar-refractivity contribution in [2.24, 2.45) is 0 Å². The molecule has 0 saturated carbocycles. The van der Waals surface area contributed by atoms with E-state index in [-0.39, 0.29) is 5.97 Å². The predicted molar refractivity (Wildman–Crippen MR) is 59.4 cm³/mol. The molecule has 1 aromatic carbocycles. The summed E-state index contributed by atoms with van der Waals surface area (Å²) < 4.78 is 5.15. The molecule has 78 valence electrons. The van der Waals surface area contributed by atoms with Crippen LogP contribution in [0.15, 0.2) is 30.3 Å². The number of esters is 1. The number of ether oxygens (including phenoxy) is 1. The molecular weight excluding hydrogens is 188 g/mol. The van der Waals surface area contributed by atoms with Crippen molar-refractivity contribution in [1.82, 2.24) is 0 Å². The van der Waals surface area contributed by atoms with Crippen molar-refractivity contribution in [2.45, 2.75) is 25.9 Å². The molecule has 15 heavy (non-hydrogen) atoms. The minimum absolute atomic E-state index is 0.355. The number of carbonyl (C=O) groups is 1. The van der Waals surface area contributed by atoms with Crippen molar-refractivity contribution in [3.63, 3.8) is 0 Å². The summed E-state index contributed by atoms with van der Waals surface area (Å²) in [6, 6.07) is 8.85. The number of hydrogen-bond donors (Lipinski definition) is 0. The lowest BCUT2D eigenvalue weighted by molar-refractivity contribution is 0.0396. The molecule has 0 amide bonds. The highest BCUT2D eigenvalue weighted by Crippen LogP contribution is 2.07. The Balaban J connectivity index is 2.60. The van der Waals surface area contributed by atoms with Gasteiger partial charge in [0.2, 0.25) is 0 Å². The van der Waals surface area contributed by atoms with Gasteiger partial charge in [-0.05, 0) is 18.6 Å². The van der Waals surface area contributed by atoms with Crippen LogP contribution < -0.4 is 0 Å². The molecule has 0 fully saturated rings. The van der Waals surface area contributed by atoms with Gasteiger partial charge in [-0.2, -0.15) is 0 Å². The number of benzene rings is 1. The first-order valence-electron chi connectivity index (χ1n) is 5.00. The van der Waals surface area contributed by atoms with Crippen molar-refractivity contribution < 1.29 is 9.53 Å². The van der Waals surface area contributed by atoms with E-state index in [0.717, 1.165) is 6.42 Å². The highest BCUT2D eigenvalue weighted by Gasteiger charge is 2.12. The maximum absolute atomic E-state index is 11.6. The van der Waals surface area contributed by atoms with Crippen LogP contribution in [0.5, 0.6) is 0 Å². The highest BCUT2D eigenvalue weighted by atomic mass is 16.5. The van der Waals surface area contributed by atoms with E-state index in [2.05, 4.69) is 5.92 Å². The second kappa shape index (κ2) is 5.87. The largest absolute Gasteiger partial charge is 0.446 e. The van der Waals surface area contributed by atoms with Crippen molar-refractivity contribution in [3.8, 4) is 12.3 Å². The van der Waals surface area contributed by atoms with E-state index in [0.29, 0.717) is 12.0 Å². The standard InChI is InChI=1S/C13H14O2/c1-3-8-12(4-2)15-13(14)11-9-6-5-7-10-11/h2,5-7,9-10,12H,3,8H2,1H3. The molecule has 0 aliphatic heterocycles. The molecule has 0 heterocycles. The van der Waals surface area contributed by atoms with Crippen LogP contribution in [-0.2, 0) is 4.74 Å². The molecule has 0 bridgehead atoms. The summed E-state index contributed by atoms with van der Waals surface area (Å²) in [5, 5.41) is 0. The second-order valence-corrected chi connectivity index (χ2v) is 3.22. The van der Waals surface area contributed by atoms with Gasteiger partial charge in [-0.1, -0.05) is 37.5 Å². The maximum atomic E-state index is 11.6. The van der Waals surface area contributed by atoms with Crippen LogP contribution in [-0.4, -0.2) is 12.1 Å². The molecule has 0 N–H and O–H groups in total. The summed E-state index contributed by atoms with van der Waals surface area (Å²) >= 11 is 0. The van der Waals surface area contributed by atoms with Gasteiger partial charge in [0.25, 0.3) is 0 Å². The summed E-state index contributed by atoms with van der Waals surface area (Å²) in [5.74, 6) is 2.11. The molecule has 0 aliphatic carbocycles. The molecule has 2 heteroatoms. The molecule has 0 radical (unpaired) electrons. The van der Waals surface area contributed by atoms with Crippen LogP contribution in [0.3, 0.4) is 0 Å². The first kappa shape index (κ1) is 11.3. The molecule has 1 unspecified atom stereocenters. The van der Waals surface area contributed by atoms with Crippen molar-refractivity contribution in [2.75, 3.05) is 0 Å². The molecule has 0 aliphatic rings. The van der Waals surface area contributed by atoms with E-state index >= 15 is 0 Å². The lowest BCUT2D eigenvalue weighted by atomic mass is 10.2. The van der Waals surface area contributed by atoms with Gasteiger partial charge in [-0.3, -0.25) is 0 Å². The van der Waals surface area contributed by atoms with E-state index < -0.39 is 6.10 Å². The third kappa shape index (κ3) is 3.47. The average Bonchev–Trinajstić information content (AvgIpc) is 2.29. The van der Waals surface area contributed by atoms with Crippen LogP contribution in [0.2, 0.25) is 0 Å². The van der Waals surface area contributed by atoms with Crippen LogP contribution >= 0.6 is 0 Å². The number of terminal acetylenes is 1. The van der Waals surface area contributed by atoms with E-state index in [1.54, 1.807) is 24.3 Å². The molecule has 0 spiro atoms. The van der Waals surface area contributed by atoms with Crippen LogP contribution in [0.1, 0.15) is 30.1 Å². The lowest BCUT2D eigenvalue weighted by Crippen LogP contribution is -2.16. The zero-order valence-corrected chi connectivity index (χ0v) is 8.77. The molecule has 1 aromatic rings. The molecule has 1 atom stereocenters. The summed E-state index contributed by atoms with van der Waals surface area (Å²) in [4.78, 5) is 11.6. The Morgan fingerprint density at radius 1 is 1.47 bits per heavy atom. The summed E-state index contributed by atoms with van der Waals surface area (Å²) in [6.45, 7) is 2.00. The van der Waals surface area contributed by atoms with E-state index in [1.807, 2.05) is 13.0 Å². The Morgan fingerprint density at radius 3 is 2.67 bits per heavy atom. The van der Waals surface area contributed by atoms with Crippen molar-refractivity contribution in [3.05, 3.63) is 35.9 Å². The zero-order valence-electron chi connectivity index (χ0n) is 8.77. The van der Waals surface area contributed by atoms with E-state index in [1.165, 1.54) is 0 Å². The van der Waals surface area contributed by atoms with Gasteiger partial charge in [0.1, 0.15) is 0 Å². The third-order valence-corrected chi connectivity index (χ3v) is 2.00. The first-order chi connectivity index (χ1) is 7.27. The molecule has 0 aromatic heterocycles. The number of rotatable bonds is 4. The lowest BCUT2D eigenvalue weighted by Gasteiger charge is -2.10. The fourth-order valence-electron chi connectivity index (χ4n) is 1.21. The Kier molecular flexibility index (Phi) is 4.43. The van der Waals surface area contributed by atoms with Gasteiger partial charge in [0.05, 0.1) is 5.56 Å². The predicted octanol–water partition coefficient (Wildman–Crippen LogP) is 2.65.